The summed E-state index contributed by atoms with van der Waals surface area (Å²) in [5.74, 6) is 0. The highest BCUT2D eigenvalue weighted by atomic mass is 35.5. The summed E-state index contributed by atoms with van der Waals surface area (Å²) in [5.41, 5.74) is 2.36. The van der Waals surface area contributed by atoms with Crippen molar-refractivity contribution in [1.29, 1.82) is 0 Å². The van der Waals surface area contributed by atoms with Crippen molar-refractivity contribution in [2.24, 2.45) is 0 Å². The largest absolute Gasteiger partial charge is 0.145 e. The van der Waals surface area contributed by atoms with Gasteiger partial charge in [-0.15, -0.1) is 34.3 Å². The smallest absolute Gasteiger partial charge is 0.104 e. The van der Waals surface area contributed by atoms with E-state index in [0.717, 1.165) is 15.5 Å². The molecule has 16 heavy (non-hydrogen) atoms. The van der Waals surface area contributed by atoms with Crippen molar-refractivity contribution in [3.05, 3.63) is 42.2 Å². The van der Waals surface area contributed by atoms with E-state index in [1.54, 1.807) is 22.7 Å². The van der Waals surface area contributed by atoms with Gasteiger partial charge in [-0.25, -0.2) is 0 Å². The minimum absolute atomic E-state index is 0.107. The second kappa shape index (κ2) is 4.69. The van der Waals surface area contributed by atoms with E-state index in [-0.39, 0.29) is 5.38 Å². The third kappa shape index (κ3) is 2.17. The van der Waals surface area contributed by atoms with E-state index < -0.39 is 0 Å². The Kier molecular flexibility index (Phi) is 3.65. The molecule has 0 bridgehead atoms. The Balaban J connectivity index is 2.42. The molecule has 2 aromatic heterocycles. The molecule has 0 N–H and O–H groups in total. The van der Waals surface area contributed by atoms with E-state index >= 15 is 0 Å². The monoisotopic (exact) mass is 290 g/mol. The lowest BCUT2D eigenvalue weighted by molar-refractivity contribution is 1.20. The van der Waals surface area contributed by atoms with E-state index in [1.807, 2.05) is 6.92 Å². The summed E-state index contributed by atoms with van der Waals surface area (Å²) in [5, 5.41) is 2.77. The number of hydrogen-bond donors (Lipinski definition) is 0. The summed E-state index contributed by atoms with van der Waals surface area (Å²) in [4.78, 5) is 3.57. The average molecular weight is 291 g/mol. The Morgan fingerprint density at radius 1 is 1.12 bits per heavy atom. The molecule has 0 aromatic carbocycles. The molecule has 2 heterocycles. The van der Waals surface area contributed by atoms with Gasteiger partial charge in [-0.2, -0.15) is 0 Å². The topological polar surface area (TPSA) is 0 Å². The van der Waals surface area contributed by atoms with Crippen molar-refractivity contribution in [2.75, 3.05) is 0 Å². The normalized spacial score (nSPS) is 13.1. The summed E-state index contributed by atoms with van der Waals surface area (Å²) < 4.78 is 0. The summed E-state index contributed by atoms with van der Waals surface area (Å²) in [6, 6.07) is 2.17. The highest BCUT2D eigenvalue weighted by molar-refractivity contribution is 7.13. The van der Waals surface area contributed by atoms with Crippen LogP contribution in [0.3, 0.4) is 0 Å². The first-order chi connectivity index (χ1) is 7.50. The first-order valence-corrected chi connectivity index (χ1v) is 7.46. The maximum Gasteiger partial charge on any atom is 0.104 e. The molecule has 0 aliphatic carbocycles. The van der Waals surface area contributed by atoms with Gasteiger partial charge in [-0.1, -0.05) is 11.6 Å². The Labute approximate surface area is 114 Å². The van der Waals surface area contributed by atoms with Crippen molar-refractivity contribution >= 4 is 45.9 Å². The van der Waals surface area contributed by atoms with Crippen molar-refractivity contribution in [1.82, 2.24) is 0 Å². The quantitative estimate of drug-likeness (QED) is 0.621. The van der Waals surface area contributed by atoms with Crippen LogP contribution in [0.2, 0.25) is 5.02 Å². The number of halogens is 2. The van der Waals surface area contributed by atoms with Gasteiger partial charge in [0, 0.05) is 14.6 Å². The van der Waals surface area contributed by atoms with E-state index in [4.69, 9.17) is 23.2 Å². The molecule has 0 spiro atoms. The van der Waals surface area contributed by atoms with Gasteiger partial charge in [-0.3, -0.25) is 0 Å². The first kappa shape index (κ1) is 12.4. The van der Waals surface area contributed by atoms with Gasteiger partial charge >= 0.3 is 0 Å². The van der Waals surface area contributed by atoms with Gasteiger partial charge in [-0.05, 0) is 43.3 Å². The lowest BCUT2D eigenvalue weighted by Gasteiger charge is -2.07. The summed E-state index contributed by atoms with van der Waals surface area (Å²) in [6.07, 6.45) is 0. The molecule has 0 saturated heterocycles. The van der Waals surface area contributed by atoms with Crippen LogP contribution in [-0.4, -0.2) is 0 Å². The van der Waals surface area contributed by atoms with Gasteiger partial charge in [0.05, 0.1) is 5.02 Å². The van der Waals surface area contributed by atoms with Gasteiger partial charge in [0.1, 0.15) is 5.38 Å². The maximum atomic E-state index is 6.51. The van der Waals surface area contributed by atoms with E-state index in [9.17, 15) is 0 Å². The van der Waals surface area contributed by atoms with E-state index in [1.165, 1.54) is 15.3 Å². The van der Waals surface area contributed by atoms with Gasteiger partial charge < -0.3 is 0 Å². The molecule has 4 heteroatoms. The summed E-state index contributed by atoms with van der Waals surface area (Å²) >= 11 is 16.1. The molecule has 1 atom stereocenters. The molecule has 0 nitrogen and oxygen atoms in total. The summed E-state index contributed by atoms with van der Waals surface area (Å²) in [7, 11) is 0. The molecular formula is C12H12Cl2S2. The van der Waals surface area contributed by atoms with Crippen LogP contribution in [-0.2, 0) is 0 Å². The fourth-order valence-electron chi connectivity index (χ4n) is 1.65. The van der Waals surface area contributed by atoms with Crippen LogP contribution in [0.1, 0.15) is 31.1 Å². The molecular weight excluding hydrogens is 279 g/mol. The zero-order chi connectivity index (χ0) is 11.9. The van der Waals surface area contributed by atoms with Gasteiger partial charge in [0.15, 0.2) is 0 Å². The molecule has 0 amide bonds. The van der Waals surface area contributed by atoms with Gasteiger partial charge in [0.25, 0.3) is 0 Å². The third-order valence-electron chi connectivity index (χ3n) is 2.46. The summed E-state index contributed by atoms with van der Waals surface area (Å²) in [6.45, 7) is 6.22. The van der Waals surface area contributed by atoms with Crippen LogP contribution < -0.4 is 0 Å². The maximum absolute atomic E-state index is 6.51. The lowest BCUT2D eigenvalue weighted by atomic mass is 10.2. The Hall–Kier alpha value is -0.0200. The highest BCUT2D eigenvalue weighted by Gasteiger charge is 2.20. The molecule has 0 saturated carbocycles. The fraction of sp³-hybridized carbons (Fsp3) is 0.333. The van der Waals surface area contributed by atoms with Gasteiger partial charge in [0.2, 0.25) is 0 Å². The van der Waals surface area contributed by atoms with Crippen LogP contribution in [0.5, 0.6) is 0 Å². The zero-order valence-corrected chi connectivity index (χ0v) is 12.4. The highest BCUT2D eigenvalue weighted by Crippen LogP contribution is 2.43. The number of thiophene rings is 2. The fourth-order valence-corrected chi connectivity index (χ4v) is 4.66. The molecule has 2 rings (SSSR count). The Morgan fingerprint density at radius 2 is 1.81 bits per heavy atom. The zero-order valence-electron chi connectivity index (χ0n) is 9.30. The predicted octanol–water partition coefficient (Wildman–Crippen LogP) is 5.72. The van der Waals surface area contributed by atoms with Crippen LogP contribution in [0.4, 0.5) is 0 Å². The number of rotatable bonds is 2. The third-order valence-corrected chi connectivity index (χ3v) is 6.16. The SMILES string of the molecule is Cc1cc(C)c(C(Cl)c2scc(C)c2Cl)s1. The number of alkyl halides is 1. The lowest BCUT2D eigenvalue weighted by Crippen LogP contribution is -1.89. The standard InChI is InChI=1S/C12H12Cl2S2/c1-6-4-8(3)16-11(6)10(14)12-9(13)7(2)5-15-12/h4-5,10H,1-3H3. The molecule has 1 unspecified atom stereocenters. The average Bonchev–Trinajstić information content (AvgIpc) is 2.71. The molecule has 0 fully saturated rings. The van der Waals surface area contributed by atoms with Crippen molar-refractivity contribution in [3.8, 4) is 0 Å². The Bertz CT molecular complexity index is 509. The van der Waals surface area contributed by atoms with E-state index in [0.29, 0.717) is 0 Å². The van der Waals surface area contributed by atoms with Crippen LogP contribution in [0.15, 0.2) is 11.4 Å². The molecule has 86 valence electrons. The van der Waals surface area contributed by atoms with Crippen LogP contribution >= 0.6 is 45.9 Å². The minimum Gasteiger partial charge on any atom is -0.145 e. The van der Waals surface area contributed by atoms with Crippen molar-refractivity contribution < 1.29 is 0 Å². The molecule has 0 radical (unpaired) electrons. The second-order valence-electron chi connectivity index (χ2n) is 3.86. The predicted molar refractivity (Wildman–Crippen MR) is 75.6 cm³/mol. The minimum atomic E-state index is -0.107. The van der Waals surface area contributed by atoms with Crippen molar-refractivity contribution in [3.63, 3.8) is 0 Å². The second-order valence-corrected chi connectivity index (χ2v) is 6.88. The van der Waals surface area contributed by atoms with Crippen molar-refractivity contribution in [2.45, 2.75) is 26.1 Å². The number of hydrogen-bond acceptors (Lipinski definition) is 2. The number of aryl methyl sites for hydroxylation is 3. The molecule has 0 aliphatic heterocycles. The molecule has 2 aromatic rings. The first-order valence-electron chi connectivity index (χ1n) is 4.95. The Morgan fingerprint density at radius 3 is 2.25 bits per heavy atom. The van der Waals surface area contributed by atoms with Crippen LogP contribution in [0, 0.1) is 20.8 Å². The van der Waals surface area contributed by atoms with E-state index in [2.05, 4.69) is 25.3 Å². The van der Waals surface area contributed by atoms with Crippen LogP contribution in [0.25, 0.3) is 0 Å². The molecule has 0 aliphatic rings.